The van der Waals surface area contributed by atoms with Crippen LogP contribution in [0.3, 0.4) is 0 Å². The fraction of sp³-hybridized carbons (Fsp3) is 0.375. The Labute approximate surface area is 191 Å². The molecule has 0 spiro atoms. The molecule has 1 fully saturated rings. The first kappa shape index (κ1) is 22.6. The van der Waals surface area contributed by atoms with Crippen molar-refractivity contribution in [3.8, 4) is 0 Å². The minimum absolute atomic E-state index is 0.00615. The Balaban J connectivity index is 1.31. The summed E-state index contributed by atoms with van der Waals surface area (Å²) in [6.45, 7) is 5.21. The topological polar surface area (TPSA) is 113 Å². The maximum absolute atomic E-state index is 12.6. The lowest BCUT2D eigenvalue weighted by Crippen LogP contribution is -2.33. The van der Waals surface area contributed by atoms with Crippen LogP contribution in [-0.2, 0) is 11.3 Å². The minimum Gasteiger partial charge on any atom is -0.326 e. The maximum atomic E-state index is 12.6. The molecule has 0 bridgehead atoms. The molecule has 9 heteroatoms. The van der Waals surface area contributed by atoms with Crippen LogP contribution in [0.1, 0.15) is 52.5 Å². The molecule has 0 aromatic heterocycles. The summed E-state index contributed by atoms with van der Waals surface area (Å²) in [7, 11) is 0. The number of hydrogen-bond donors (Lipinski definition) is 1. The lowest BCUT2D eigenvalue weighted by Gasteiger charge is -2.30. The molecule has 0 atom stereocenters. The molecular weight excluding hydrogens is 424 g/mol. The Bertz CT molecular complexity index is 1090. The van der Waals surface area contributed by atoms with Crippen molar-refractivity contribution in [2.24, 2.45) is 5.92 Å². The van der Waals surface area contributed by atoms with Crippen LogP contribution in [0.2, 0.25) is 0 Å². The van der Waals surface area contributed by atoms with Crippen molar-refractivity contribution in [3.63, 3.8) is 0 Å². The van der Waals surface area contributed by atoms with Gasteiger partial charge in [0, 0.05) is 31.3 Å². The molecule has 1 saturated heterocycles. The van der Waals surface area contributed by atoms with Crippen LogP contribution >= 0.6 is 0 Å². The van der Waals surface area contributed by atoms with E-state index in [0.29, 0.717) is 5.69 Å². The van der Waals surface area contributed by atoms with E-state index < -0.39 is 22.4 Å². The first-order valence-corrected chi connectivity index (χ1v) is 11.1. The highest BCUT2D eigenvalue weighted by atomic mass is 16.6. The molecule has 0 aliphatic carbocycles. The van der Waals surface area contributed by atoms with Gasteiger partial charge in [0.25, 0.3) is 17.5 Å². The fourth-order valence-electron chi connectivity index (χ4n) is 4.28. The second-order valence-corrected chi connectivity index (χ2v) is 8.67. The van der Waals surface area contributed by atoms with Crippen LogP contribution in [0, 0.1) is 16.0 Å². The van der Waals surface area contributed by atoms with E-state index in [-0.39, 0.29) is 30.0 Å². The van der Waals surface area contributed by atoms with Gasteiger partial charge in [-0.05, 0) is 55.6 Å². The molecule has 1 N–H and O–H groups in total. The van der Waals surface area contributed by atoms with Crippen LogP contribution in [0.25, 0.3) is 0 Å². The predicted molar refractivity (Wildman–Crippen MR) is 122 cm³/mol. The van der Waals surface area contributed by atoms with Crippen molar-refractivity contribution in [3.05, 3.63) is 69.3 Å². The lowest BCUT2D eigenvalue weighted by atomic mass is 9.99. The number of rotatable bonds is 7. The van der Waals surface area contributed by atoms with E-state index in [4.69, 9.17) is 0 Å². The highest BCUT2D eigenvalue weighted by Gasteiger charge is 2.40. The molecule has 33 heavy (non-hydrogen) atoms. The average molecular weight is 450 g/mol. The van der Waals surface area contributed by atoms with Crippen molar-refractivity contribution in [2.75, 3.05) is 25.0 Å². The SMILES string of the molecule is CC1CCN(Cc2ccc(NC(=O)CCN3C(=O)c4cccc([N+](=O)[O-])c4C3=O)cc2)CC1. The predicted octanol–water partition coefficient (Wildman–Crippen LogP) is 3.45. The van der Waals surface area contributed by atoms with Crippen molar-refractivity contribution in [2.45, 2.75) is 32.7 Å². The first-order chi connectivity index (χ1) is 15.8. The summed E-state index contributed by atoms with van der Waals surface area (Å²) in [4.78, 5) is 51.3. The van der Waals surface area contributed by atoms with Gasteiger partial charge < -0.3 is 5.32 Å². The molecule has 4 rings (SSSR count). The Morgan fingerprint density at radius 1 is 1.09 bits per heavy atom. The number of fused-ring (bicyclic) bond motifs is 1. The van der Waals surface area contributed by atoms with E-state index in [2.05, 4.69) is 17.1 Å². The number of anilines is 1. The van der Waals surface area contributed by atoms with E-state index in [1.54, 1.807) is 0 Å². The highest BCUT2D eigenvalue weighted by Crippen LogP contribution is 2.30. The van der Waals surface area contributed by atoms with Gasteiger partial charge in [-0.25, -0.2) is 0 Å². The van der Waals surface area contributed by atoms with Crippen LogP contribution in [-0.4, -0.2) is 52.1 Å². The van der Waals surface area contributed by atoms with Crippen molar-refractivity contribution >= 4 is 29.1 Å². The van der Waals surface area contributed by atoms with Gasteiger partial charge >= 0.3 is 0 Å². The normalized spacial score (nSPS) is 16.7. The Kier molecular flexibility index (Phi) is 6.50. The van der Waals surface area contributed by atoms with Crippen LogP contribution in [0.5, 0.6) is 0 Å². The van der Waals surface area contributed by atoms with Gasteiger partial charge in [0.2, 0.25) is 5.91 Å². The standard InChI is InChI=1S/C24H26N4O5/c1-16-9-12-26(13-10-16)15-17-5-7-18(8-6-17)25-21(29)11-14-27-23(30)19-3-2-4-20(28(32)33)22(19)24(27)31/h2-8,16H,9-15H2,1H3,(H,25,29). The zero-order valence-electron chi connectivity index (χ0n) is 18.5. The van der Waals surface area contributed by atoms with Gasteiger partial charge in [0.05, 0.1) is 10.5 Å². The minimum atomic E-state index is -0.744. The molecule has 0 radical (unpaired) electrons. The summed E-state index contributed by atoms with van der Waals surface area (Å²) >= 11 is 0. The summed E-state index contributed by atoms with van der Waals surface area (Å²) < 4.78 is 0. The maximum Gasteiger partial charge on any atom is 0.282 e. The van der Waals surface area contributed by atoms with E-state index in [0.717, 1.165) is 30.5 Å². The third kappa shape index (κ3) is 4.93. The fourth-order valence-corrected chi connectivity index (χ4v) is 4.28. The van der Waals surface area contributed by atoms with Crippen molar-refractivity contribution in [1.82, 2.24) is 9.80 Å². The summed E-state index contributed by atoms with van der Waals surface area (Å²) in [6.07, 6.45) is 2.33. The zero-order chi connectivity index (χ0) is 23.5. The van der Waals surface area contributed by atoms with Crippen molar-refractivity contribution in [1.29, 1.82) is 0 Å². The third-order valence-corrected chi connectivity index (χ3v) is 6.26. The van der Waals surface area contributed by atoms with E-state index in [1.165, 1.54) is 36.6 Å². The monoisotopic (exact) mass is 450 g/mol. The van der Waals surface area contributed by atoms with Crippen LogP contribution < -0.4 is 5.32 Å². The lowest BCUT2D eigenvalue weighted by molar-refractivity contribution is -0.385. The summed E-state index contributed by atoms with van der Waals surface area (Å²) in [6, 6.07) is 11.6. The van der Waals surface area contributed by atoms with Crippen LogP contribution in [0.4, 0.5) is 11.4 Å². The molecular formula is C24H26N4O5. The highest BCUT2D eigenvalue weighted by molar-refractivity contribution is 6.23. The zero-order valence-corrected chi connectivity index (χ0v) is 18.5. The second kappa shape index (κ2) is 9.50. The van der Waals surface area contributed by atoms with Crippen LogP contribution in [0.15, 0.2) is 42.5 Å². The molecule has 3 amide bonds. The van der Waals surface area contributed by atoms with Gasteiger partial charge in [0.15, 0.2) is 0 Å². The third-order valence-electron chi connectivity index (χ3n) is 6.26. The Morgan fingerprint density at radius 3 is 2.45 bits per heavy atom. The molecule has 172 valence electrons. The summed E-state index contributed by atoms with van der Waals surface area (Å²) in [5, 5.41) is 14.0. The number of nitrogens with one attached hydrogen (secondary N) is 1. The molecule has 2 heterocycles. The molecule has 2 aliphatic rings. The Hall–Kier alpha value is -3.59. The van der Waals surface area contributed by atoms with Crippen molar-refractivity contribution < 1.29 is 19.3 Å². The molecule has 0 unspecified atom stereocenters. The largest absolute Gasteiger partial charge is 0.326 e. The van der Waals surface area contributed by atoms with Gasteiger partial charge in [-0.3, -0.25) is 34.3 Å². The number of hydrogen-bond acceptors (Lipinski definition) is 6. The molecule has 2 aromatic rings. The number of amides is 3. The Morgan fingerprint density at radius 2 is 1.79 bits per heavy atom. The molecule has 9 nitrogen and oxygen atoms in total. The summed E-state index contributed by atoms with van der Waals surface area (Å²) in [5.41, 5.74) is 1.18. The number of benzene rings is 2. The van der Waals surface area contributed by atoms with Gasteiger partial charge in [-0.1, -0.05) is 25.1 Å². The molecule has 0 saturated carbocycles. The number of nitro groups is 1. The number of nitrogens with zero attached hydrogens (tertiary/aromatic N) is 3. The number of carbonyl (C=O) groups excluding carboxylic acids is 3. The number of likely N-dealkylation sites (tertiary alicyclic amines) is 1. The van der Waals surface area contributed by atoms with E-state index in [1.807, 2.05) is 24.3 Å². The molecule has 2 aliphatic heterocycles. The van der Waals surface area contributed by atoms with E-state index in [9.17, 15) is 24.5 Å². The average Bonchev–Trinajstić information content (AvgIpc) is 3.05. The van der Waals surface area contributed by atoms with E-state index >= 15 is 0 Å². The number of piperidine rings is 1. The molecule has 2 aromatic carbocycles. The smallest absolute Gasteiger partial charge is 0.282 e. The van der Waals surface area contributed by atoms with Gasteiger partial charge in [0.1, 0.15) is 5.56 Å². The quantitative estimate of drug-likeness (QED) is 0.393. The summed E-state index contributed by atoms with van der Waals surface area (Å²) in [5.74, 6) is -0.928. The second-order valence-electron chi connectivity index (χ2n) is 8.67. The first-order valence-electron chi connectivity index (χ1n) is 11.1. The number of imide groups is 1. The van der Waals surface area contributed by atoms with Gasteiger partial charge in [-0.15, -0.1) is 0 Å². The number of nitro benzene ring substituents is 1. The number of carbonyl (C=O) groups is 3. The van der Waals surface area contributed by atoms with Gasteiger partial charge in [-0.2, -0.15) is 0 Å².